The van der Waals surface area contributed by atoms with Gasteiger partial charge in [0.15, 0.2) is 5.82 Å². The summed E-state index contributed by atoms with van der Waals surface area (Å²) in [5.41, 5.74) is 3.72. The summed E-state index contributed by atoms with van der Waals surface area (Å²) in [6.07, 6.45) is 5.86. The van der Waals surface area contributed by atoms with Gasteiger partial charge in [-0.1, -0.05) is 6.07 Å². The molecule has 1 N–H and O–H groups in total. The lowest BCUT2D eigenvalue weighted by molar-refractivity contribution is -0.121. The van der Waals surface area contributed by atoms with Gasteiger partial charge in [0.05, 0.1) is 24.4 Å². The van der Waals surface area contributed by atoms with E-state index in [-0.39, 0.29) is 11.9 Å². The molecule has 3 atom stereocenters. The van der Waals surface area contributed by atoms with E-state index in [9.17, 15) is 4.79 Å². The van der Waals surface area contributed by atoms with Gasteiger partial charge in [-0.2, -0.15) is 0 Å². The number of piperidine rings is 1. The zero-order valence-corrected chi connectivity index (χ0v) is 16.7. The van der Waals surface area contributed by atoms with Crippen molar-refractivity contribution in [1.29, 1.82) is 0 Å². The zero-order valence-electron chi connectivity index (χ0n) is 16.7. The normalized spacial score (nSPS) is 23.3. The molecule has 1 aromatic carbocycles. The highest BCUT2D eigenvalue weighted by molar-refractivity contribution is 5.95. The molecular weight excluding hydrogens is 366 g/mol. The van der Waals surface area contributed by atoms with Crippen LogP contribution in [0.15, 0.2) is 42.7 Å². The molecule has 150 valence electrons. The lowest BCUT2D eigenvalue weighted by atomic mass is 10.1. The predicted molar refractivity (Wildman–Crippen MR) is 111 cm³/mol. The minimum atomic E-state index is -0.0777. The van der Waals surface area contributed by atoms with Gasteiger partial charge in [-0.25, -0.2) is 9.50 Å². The number of anilines is 1. The minimum absolute atomic E-state index is 0.0601. The van der Waals surface area contributed by atoms with Crippen molar-refractivity contribution in [3.8, 4) is 11.4 Å². The Labute approximate surface area is 169 Å². The summed E-state index contributed by atoms with van der Waals surface area (Å²) >= 11 is 0. The van der Waals surface area contributed by atoms with Gasteiger partial charge in [0.2, 0.25) is 5.91 Å². The quantitative estimate of drug-likeness (QED) is 0.700. The molecule has 1 saturated carbocycles. The van der Waals surface area contributed by atoms with E-state index in [0.29, 0.717) is 24.4 Å². The number of likely N-dealkylation sites (tertiary alicyclic amines) is 1. The van der Waals surface area contributed by atoms with Crippen LogP contribution in [-0.4, -0.2) is 57.8 Å². The lowest BCUT2D eigenvalue weighted by Crippen LogP contribution is -2.43. The smallest absolute Gasteiger partial charge is 0.241 e. The van der Waals surface area contributed by atoms with Crippen molar-refractivity contribution in [2.24, 2.45) is 5.92 Å². The maximum atomic E-state index is 13.0. The number of hydrogen-bond acceptors (Lipinski definition) is 5. The third-order valence-corrected chi connectivity index (χ3v) is 6.12. The zero-order chi connectivity index (χ0) is 20.0. The first-order chi connectivity index (χ1) is 14.1. The number of aryl methyl sites for hydroxylation is 1. The molecule has 0 unspecified atom stereocenters. The molecule has 1 aliphatic heterocycles. The molecule has 0 radical (unpaired) electrons. The van der Waals surface area contributed by atoms with Gasteiger partial charge in [0.25, 0.3) is 0 Å². The Balaban J connectivity index is 1.36. The number of nitrogens with zero attached hydrogens (tertiary/aromatic N) is 4. The summed E-state index contributed by atoms with van der Waals surface area (Å²) in [6, 6.07) is 10.3. The molecule has 1 amide bonds. The van der Waals surface area contributed by atoms with E-state index in [1.54, 1.807) is 7.11 Å². The largest absolute Gasteiger partial charge is 0.383 e. The standard InChI is InChI=1S/C22H25N5O2/c1-14-5-6-16(12-18(14)21-23-13-17-4-3-7-27(17)25-21)24-22(28)20-11-15-10-19(15)26(20)8-9-29-2/h3-7,12-13,15,19-20H,8-11H2,1-2H3,(H,24,28)/t15-,19-,20+/m1/s1. The summed E-state index contributed by atoms with van der Waals surface area (Å²) in [4.78, 5) is 19.8. The molecule has 2 aromatic heterocycles. The number of hydrogen-bond donors (Lipinski definition) is 1. The van der Waals surface area contributed by atoms with Crippen LogP contribution in [0.25, 0.3) is 16.9 Å². The van der Waals surface area contributed by atoms with Crippen LogP contribution in [0.5, 0.6) is 0 Å². The van der Waals surface area contributed by atoms with Gasteiger partial charge in [-0.15, -0.1) is 5.10 Å². The van der Waals surface area contributed by atoms with E-state index in [1.165, 1.54) is 6.42 Å². The molecule has 0 bridgehead atoms. The predicted octanol–water partition coefficient (Wildman–Crippen LogP) is 2.75. The first-order valence-corrected chi connectivity index (χ1v) is 10.1. The molecule has 2 fully saturated rings. The first-order valence-electron chi connectivity index (χ1n) is 10.1. The molecular formula is C22H25N5O2. The SMILES string of the molecule is COCCN1[C@@H]2C[C@@H]2C[C@H]1C(=O)Nc1ccc(C)c(-c2ncc3cccn3n2)c1. The van der Waals surface area contributed by atoms with Crippen LogP contribution >= 0.6 is 0 Å². The fourth-order valence-corrected chi connectivity index (χ4v) is 4.44. The molecule has 29 heavy (non-hydrogen) atoms. The highest BCUT2D eigenvalue weighted by Gasteiger charge is 2.53. The van der Waals surface area contributed by atoms with Crippen molar-refractivity contribution < 1.29 is 9.53 Å². The number of ether oxygens (including phenoxy) is 1. The van der Waals surface area contributed by atoms with Crippen LogP contribution in [0, 0.1) is 12.8 Å². The fourth-order valence-electron chi connectivity index (χ4n) is 4.44. The molecule has 3 aromatic rings. The minimum Gasteiger partial charge on any atom is -0.383 e. The lowest BCUT2D eigenvalue weighted by Gasteiger charge is -2.26. The molecule has 5 rings (SSSR count). The molecule has 1 aliphatic carbocycles. The number of fused-ring (bicyclic) bond motifs is 2. The van der Waals surface area contributed by atoms with Crippen LogP contribution < -0.4 is 5.32 Å². The summed E-state index contributed by atoms with van der Waals surface area (Å²) in [5, 5.41) is 7.71. The van der Waals surface area contributed by atoms with Crippen molar-refractivity contribution in [1.82, 2.24) is 19.5 Å². The third-order valence-electron chi connectivity index (χ3n) is 6.12. The van der Waals surface area contributed by atoms with E-state index in [0.717, 1.165) is 35.3 Å². The molecule has 3 heterocycles. The number of benzene rings is 1. The molecule has 1 saturated heterocycles. The third kappa shape index (κ3) is 3.41. The Bertz CT molecular complexity index is 1060. The Hall–Kier alpha value is -2.77. The number of amides is 1. The summed E-state index contributed by atoms with van der Waals surface area (Å²) in [5.74, 6) is 1.37. The number of carbonyl (C=O) groups is 1. The second kappa shape index (κ2) is 7.24. The molecule has 2 aliphatic rings. The second-order valence-corrected chi connectivity index (χ2v) is 8.02. The van der Waals surface area contributed by atoms with E-state index in [2.05, 4.69) is 20.3 Å². The Kier molecular flexibility index (Phi) is 4.56. The van der Waals surface area contributed by atoms with Gasteiger partial charge in [-0.05, 0) is 55.5 Å². The van der Waals surface area contributed by atoms with Gasteiger partial charge >= 0.3 is 0 Å². The Morgan fingerprint density at radius 3 is 3.07 bits per heavy atom. The topological polar surface area (TPSA) is 71.8 Å². The van der Waals surface area contributed by atoms with Crippen molar-refractivity contribution in [3.05, 3.63) is 48.3 Å². The average molecular weight is 391 g/mol. The van der Waals surface area contributed by atoms with Crippen molar-refractivity contribution in [3.63, 3.8) is 0 Å². The van der Waals surface area contributed by atoms with E-state index in [1.807, 2.05) is 54.2 Å². The highest BCUT2D eigenvalue weighted by atomic mass is 16.5. The molecule has 7 heteroatoms. The van der Waals surface area contributed by atoms with E-state index in [4.69, 9.17) is 4.74 Å². The van der Waals surface area contributed by atoms with E-state index < -0.39 is 0 Å². The van der Waals surface area contributed by atoms with Crippen LogP contribution in [-0.2, 0) is 9.53 Å². The number of carbonyl (C=O) groups excluding carboxylic acids is 1. The number of aromatic nitrogens is 3. The summed E-state index contributed by atoms with van der Waals surface area (Å²) in [7, 11) is 1.70. The van der Waals surface area contributed by atoms with Crippen LogP contribution in [0.3, 0.4) is 0 Å². The molecule has 7 nitrogen and oxygen atoms in total. The van der Waals surface area contributed by atoms with Gasteiger partial charge in [0, 0.05) is 37.1 Å². The van der Waals surface area contributed by atoms with Crippen LogP contribution in [0.4, 0.5) is 5.69 Å². The number of rotatable bonds is 6. The van der Waals surface area contributed by atoms with Crippen molar-refractivity contribution in [2.75, 3.05) is 25.6 Å². The van der Waals surface area contributed by atoms with Crippen molar-refractivity contribution >= 4 is 17.1 Å². The van der Waals surface area contributed by atoms with Crippen LogP contribution in [0.2, 0.25) is 0 Å². The maximum Gasteiger partial charge on any atom is 0.241 e. The molecule has 0 spiro atoms. The van der Waals surface area contributed by atoms with Crippen molar-refractivity contribution in [2.45, 2.75) is 31.8 Å². The first kappa shape index (κ1) is 18.3. The average Bonchev–Trinajstić information content (AvgIpc) is 3.17. The Morgan fingerprint density at radius 2 is 2.21 bits per heavy atom. The van der Waals surface area contributed by atoms with E-state index >= 15 is 0 Å². The maximum absolute atomic E-state index is 13.0. The Morgan fingerprint density at radius 1 is 1.31 bits per heavy atom. The fraction of sp³-hybridized carbons (Fsp3) is 0.409. The van der Waals surface area contributed by atoms with Crippen LogP contribution in [0.1, 0.15) is 18.4 Å². The monoisotopic (exact) mass is 391 g/mol. The number of methoxy groups -OCH3 is 1. The summed E-state index contributed by atoms with van der Waals surface area (Å²) in [6.45, 7) is 3.49. The highest BCUT2D eigenvalue weighted by Crippen LogP contribution is 2.47. The van der Waals surface area contributed by atoms with Gasteiger partial charge in [-0.3, -0.25) is 9.69 Å². The van der Waals surface area contributed by atoms with Gasteiger partial charge in [0.1, 0.15) is 0 Å². The van der Waals surface area contributed by atoms with Gasteiger partial charge < -0.3 is 10.1 Å². The number of nitrogens with one attached hydrogen (secondary N) is 1. The summed E-state index contributed by atoms with van der Waals surface area (Å²) < 4.78 is 7.04. The second-order valence-electron chi connectivity index (χ2n) is 8.02.